The van der Waals surface area contributed by atoms with Crippen LogP contribution in [0.3, 0.4) is 0 Å². The molecule has 1 atom stereocenters. The van der Waals surface area contributed by atoms with Crippen LogP contribution in [-0.4, -0.2) is 40.5 Å². The molecule has 0 spiro atoms. The maximum absolute atomic E-state index is 11.1. The van der Waals surface area contributed by atoms with Crippen LogP contribution in [0.1, 0.15) is 13.8 Å². The van der Waals surface area contributed by atoms with E-state index in [2.05, 4.69) is 9.97 Å². The number of carbonyl (C=O) groups is 1. The fourth-order valence-electron chi connectivity index (χ4n) is 1.23. The first-order valence-corrected chi connectivity index (χ1v) is 6.22. The summed E-state index contributed by atoms with van der Waals surface area (Å²) in [7, 11) is 2.96. The molecular formula is C11H16N2O4S. The number of aliphatic carboxylic acids is 1. The second-order valence-electron chi connectivity index (χ2n) is 3.86. The fourth-order valence-corrected chi connectivity index (χ4v) is 2.12. The van der Waals surface area contributed by atoms with E-state index in [9.17, 15) is 4.79 Å². The van der Waals surface area contributed by atoms with Crippen molar-refractivity contribution in [3.63, 3.8) is 0 Å². The van der Waals surface area contributed by atoms with Gasteiger partial charge in [-0.2, -0.15) is 9.97 Å². The average Bonchev–Trinajstić information content (AvgIpc) is 2.34. The molecule has 0 bridgehead atoms. The number of ether oxygens (including phenoxy) is 2. The molecule has 0 aliphatic rings. The van der Waals surface area contributed by atoms with Crippen molar-refractivity contribution in [3.05, 3.63) is 6.07 Å². The molecule has 0 aliphatic heterocycles. The number of thioether (sulfide) groups is 1. The van der Waals surface area contributed by atoms with Gasteiger partial charge >= 0.3 is 5.97 Å². The molecular weight excluding hydrogens is 256 g/mol. The van der Waals surface area contributed by atoms with Crippen LogP contribution in [0.5, 0.6) is 11.8 Å². The molecule has 0 amide bonds. The Morgan fingerprint density at radius 2 is 1.78 bits per heavy atom. The van der Waals surface area contributed by atoms with E-state index in [1.807, 2.05) is 13.8 Å². The summed E-state index contributed by atoms with van der Waals surface area (Å²) >= 11 is 1.08. The predicted molar refractivity (Wildman–Crippen MR) is 67.3 cm³/mol. The first-order valence-electron chi connectivity index (χ1n) is 5.34. The number of rotatable bonds is 6. The van der Waals surface area contributed by atoms with Crippen LogP contribution in [0.4, 0.5) is 0 Å². The van der Waals surface area contributed by atoms with E-state index < -0.39 is 11.2 Å². The highest BCUT2D eigenvalue weighted by atomic mass is 32.2. The molecule has 1 N–H and O–H groups in total. The van der Waals surface area contributed by atoms with Crippen molar-refractivity contribution in [2.24, 2.45) is 5.92 Å². The molecule has 1 aromatic rings. The fraction of sp³-hybridized carbons (Fsp3) is 0.545. The molecule has 0 fully saturated rings. The molecule has 0 aliphatic carbocycles. The van der Waals surface area contributed by atoms with Crippen molar-refractivity contribution in [2.45, 2.75) is 24.3 Å². The Morgan fingerprint density at radius 3 is 2.11 bits per heavy atom. The Labute approximate surface area is 110 Å². The van der Waals surface area contributed by atoms with Crippen LogP contribution in [0.2, 0.25) is 0 Å². The third-order valence-electron chi connectivity index (χ3n) is 2.16. The number of carboxylic acids is 1. The number of hydrogen-bond donors (Lipinski definition) is 1. The van der Waals surface area contributed by atoms with Gasteiger partial charge in [-0.15, -0.1) is 0 Å². The standard InChI is InChI=1S/C11H16N2O4S/c1-6(2)9(10(14)15)18-11-12-7(16-3)5-8(13-11)17-4/h5-6,9H,1-4H3,(H,14,15). The lowest BCUT2D eigenvalue weighted by Gasteiger charge is -2.15. The molecule has 0 saturated carbocycles. The number of carboxylic acid groups (broad SMARTS) is 1. The number of methoxy groups -OCH3 is 2. The van der Waals surface area contributed by atoms with Crippen molar-refractivity contribution < 1.29 is 19.4 Å². The lowest BCUT2D eigenvalue weighted by Crippen LogP contribution is -2.22. The van der Waals surface area contributed by atoms with E-state index in [-0.39, 0.29) is 5.92 Å². The van der Waals surface area contributed by atoms with Gasteiger partial charge in [0, 0.05) is 0 Å². The van der Waals surface area contributed by atoms with Gasteiger partial charge in [0.1, 0.15) is 5.25 Å². The minimum atomic E-state index is -0.889. The topological polar surface area (TPSA) is 81.5 Å². The van der Waals surface area contributed by atoms with Gasteiger partial charge < -0.3 is 14.6 Å². The van der Waals surface area contributed by atoms with Gasteiger partial charge in [-0.25, -0.2) is 0 Å². The van der Waals surface area contributed by atoms with Crippen molar-refractivity contribution in [1.82, 2.24) is 9.97 Å². The SMILES string of the molecule is COc1cc(OC)nc(SC(C(=O)O)C(C)C)n1. The van der Waals surface area contributed by atoms with Crippen molar-refractivity contribution >= 4 is 17.7 Å². The highest BCUT2D eigenvalue weighted by Gasteiger charge is 2.24. The number of aromatic nitrogens is 2. The molecule has 18 heavy (non-hydrogen) atoms. The van der Waals surface area contributed by atoms with Gasteiger partial charge in [-0.3, -0.25) is 4.79 Å². The smallest absolute Gasteiger partial charge is 0.317 e. The van der Waals surface area contributed by atoms with Crippen LogP contribution < -0.4 is 9.47 Å². The summed E-state index contributed by atoms with van der Waals surface area (Å²) in [5.74, 6) is -0.233. The molecule has 0 radical (unpaired) electrons. The quantitative estimate of drug-likeness (QED) is 0.623. The van der Waals surface area contributed by atoms with Crippen LogP contribution in [0.25, 0.3) is 0 Å². The van der Waals surface area contributed by atoms with Gasteiger partial charge in [-0.1, -0.05) is 25.6 Å². The molecule has 0 aromatic carbocycles. The Morgan fingerprint density at radius 1 is 1.28 bits per heavy atom. The van der Waals surface area contributed by atoms with Crippen LogP contribution in [0.15, 0.2) is 11.2 Å². The van der Waals surface area contributed by atoms with E-state index in [0.29, 0.717) is 16.9 Å². The lowest BCUT2D eigenvalue weighted by molar-refractivity contribution is -0.137. The van der Waals surface area contributed by atoms with E-state index in [0.717, 1.165) is 11.8 Å². The van der Waals surface area contributed by atoms with Crippen molar-refractivity contribution in [1.29, 1.82) is 0 Å². The van der Waals surface area contributed by atoms with E-state index >= 15 is 0 Å². The summed E-state index contributed by atoms with van der Waals surface area (Å²) in [6.45, 7) is 3.67. The first-order chi connectivity index (χ1) is 8.47. The zero-order valence-corrected chi connectivity index (χ0v) is 11.5. The molecule has 1 aromatic heterocycles. The molecule has 1 rings (SSSR count). The van der Waals surface area contributed by atoms with Crippen molar-refractivity contribution in [3.8, 4) is 11.8 Å². The largest absolute Gasteiger partial charge is 0.481 e. The van der Waals surface area contributed by atoms with Gasteiger partial charge in [0.15, 0.2) is 5.16 Å². The lowest BCUT2D eigenvalue weighted by atomic mass is 10.1. The second-order valence-corrected chi connectivity index (χ2v) is 4.96. The van der Waals surface area contributed by atoms with Crippen LogP contribution in [-0.2, 0) is 4.79 Å². The Bertz CT molecular complexity index is 403. The van der Waals surface area contributed by atoms with Crippen LogP contribution in [0, 0.1) is 5.92 Å². The minimum absolute atomic E-state index is 0.0340. The third kappa shape index (κ3) is 3.76. The summed E-state index contributed by atoms with van der Waals surface area (Å²) in [6, 6.07) is 1.54. The molecule has 1 heterocycles. The molecule has 1 unspecified atom stereocenters. The van der Waals surface area contributed by atoms with Gasteiger partial charge in [-0.05, 0) is 5.92 Å². The second kappa shape index (κ2) is 6.44. The zero-order valence-electron chi connectivity index (χ0n) is 10.7. The zero-order chi connectivity index (χ0) is 13.7. The van der Waals surface area contributed by atoms with Gasteiger partial charge in [0.25, 0.3) is 0 Å². The van der Waals surface area contributed by atoms with E-state index in [1.54, 1.807) is 0 Å². The maximum atomic E-state index is 11.1. The van der Waals surface area contributed by atoms with Crippen LogP contribution >= 0.6 is 11.8 Å². The molecule has 100 valence electrons. The highest BCUT2D eigenvalue weighted by Crippen LogP contribution is 2.28. The van der Waals surface area contributed by atoms with Gasteiger partial charge in [0.05, 0.1) is 20.3 Å². The summed E-state index contributed by atoms with van der Waals surface area (Å²) < 4.78 is 10.0. The Hall–Kier alpha value is -1.50. The molecule has 7 heteroatoms. The number of nitrogens with zero attached hydrogens (tertiary/aromatic N) is 2. The number of hydrogen-bond acceptors (Lipinski definition) is 6. The summed E-state index contributed by atoms with van der Waals surface area (Å²) in [6.07, 6.45) is 0. The Kier molecular flexibility index (Phi) is 5.21. The Balaban J connectivity index is 2.98. The van der Waals surface area contributed by atoms with E-state index in [1.165, 1.54) is 20.3 Å². The maximum Gasteiger partial charge on any atom is 0.317 e. The molecule has 0 saturated heterocycles. The van der Waals surface area contributed by atoms with E-state index in [4.69, 9.17) is 14.6 Å². The summed E-state index contributed by atoms with van der Waals surface area (Å²) in [5.41, 5.74) is 0. The highest BCUT2D eigenvalue weighted by molar-refractivity contribution is 8.00. The van der Waals surface area contributed by atoms with Crippen molar-refractivity contribution in [2.75, 3.05) is 14.2 Å². The molecule has 6 nitrogen and oxygen atoms in total. The monoisotopic (exact) mass is 272 g/mol. The van der Waals surface area contributed by atoms with Gasteiger partial charge in [0.2, 0.25) is 11.8 Å². The predicted octanol–water partition coefficient (Wildman–Crippen LogP) is 1.70. The average molecular weight is 272 g/mol. The normalized spacial score (nSPS) is 12.3. The first kappa shape index (κ1) is 14.6. The minimum Gasteiger partial charge on any atom is -0.481 e. The summed E-state index contributed by atoms with van der Waals surface area (Å²) in [4.78, 5) is 19.3. The third-order valence-corrected chi connectivity index (χ3v) is 3.55. The summed E-state index contributed by atoms with van der Waals surface area (Å²) in [5, 5.41) is 8.84.